The third-order valence-electron chi connectivity index (χ3n) is 2.40. The van der Waals surface area contributed by atoms with Gasteiger partial charge < -0.3 is 9.73 Å². The van der Waals surface area contributed by atoms with E-state index in [4.69, 9.17) is 4.42 Å². The number of nitrogens with zero attached hydrogens (tertiary/aromatic N) is 3. The fraction of sp³-hybridized carbons (Fsp3) is 0.462. The number of aryl methyl sites for hydroxylation is 1. The second-order valence-electron chi connectivity index (χ2n) is 5.29. The monoisotopic (exact) mass is 246 g/mol. The third-order valence-corrected chi connectivity index (χ3v) is 2.40. The highest BCUT2D eigenvalue weighted by atomic mass is 16.4. The number of hydrogen-bond donors (Lipinski definition) is 1. The smallest absolute Gasteiger partial charge is 0.249 e. The summed E-state index contributed by atoms with van der Waals surface area (Å²) in [5, 5.41) is 11.3. The van der Waals surface area contributed by atoms with E-state index in [1.807, 2.05) is 19.1 Å². The van der Waals surface area contributed by atoms with E-state index in [9.17, 15) is 0 Å². The van der Waals surface area contributed by atoms with Crippen LogP contribution in [-0.2, 0) is 6.54 Å². The Morgan fingerprint density at radius 3 is 2.61 bits per heavy atom. The van der Waals surface area contributed by atoms with Crippen molar-refractivity contribution < 1.29 is 4.42 Å². The quantitative estimate of drug-likeness (QED) is 0.900. The van der Waals surface area contributed by atoms with Crippen LogP contribution in [0.25, 0.3) is 11.5 Å². The van der Waals surface area contributed by atoms with Crippen LogP contribution in [0.4, 0.5) is 0 Å². The fourth-order valence-corrected chi connectivity index (χ4v) is 1.38. The van der Waals surface area contributed by atoms with Gasteiger partial charge in [-0.05, 0) is 39.8 Å². The standard InChI is InChI=1S/C13H18N4O/c1-9-5-6-10(7-14-9)12-17-16-11(18-12)8-15-13(2,3)4/h5-7,15H,8H2,1-4H3. The van der Waals surface area contributed by atoms with Gasteiger partial charge in [0.2, 0.25) is 11.8 Å². The first-order chi connectivity index (χ1) is 8.44. The topological polar surface area (TPSA) is 63.8 Å². The molecule has 5 nitrogen and oxygen atoms in total. The molecule has 0 spiro atoms. The van der Waals surface area contributed by atoms with Crippen LogP contribution in [0.1, 0.15) is 32.4 Å². The molecule has 2 heterocycles. The second kappa shape index (κ2) is 4.86. The number of pyridine rings is 1. The van der Waals surface area contributed by atoms with Gasteiger partial charge in [0.25, 0.3) is 0 Å². The summed E-state index contributed by atoms with van der Waals surface area (Å²) in [6, 6.07) is 3.85. The van der Waals surface area contributed by atoms with E-state index in [1.54, 1.807) is 6.20 Å². The van der Waals surface area contributed by atoms with Gasteiger partial charge in [0, 0.05) is 17.4 Å². The molecule has 0 aliphatic heterocycles. The van der Waals surface area contributed by atoms with Crippen molar-refractivity contribution >= 4 is 0 Å². The molecule has 1 N–H and O–H groups in total. The van der Waals surface area contributed by atoms with Crippen molar-refractivity contribution in [2.45, 2.75) is 39.8 Å². The number of aromatic nitrogens is 3. The number of hydrogen-bond acceptors (Lipinski definition) is 5. The molecule has 0 bridgehead atoms. The van der Waals surface area contributed by atoms with Crippen LogP contribution in [0, 0.1) is 6.92 Å². The second-order valence-corrected chi connectivity index (χ2v) is 5.29. The summed E-state index contributed by atoms with van der Waals surface area (Å²) in [7, 11) is 0. The summed E-state index contributed by atoms with van der Waals surface area (Å²) in [5.41, 5.74) is 1.84. The zero-order chi connectivity index (χ0) is 13.2. The highest BCUT2D eigenvalue weighted by molar-refractivity contribution is 5.50. The van der Waals surface area contributed by atoms with E-state index in [0.717, 1.165) is 11.3 Å². The van der Waals surface area contributed by atoms with E-state index in [0.29, 0.717) is 18.3 Å². The molecule has 0 fully saturated rings. The predicted octanol–water partition coefficient (Wildman–Crippen LogP) is 2.33. The van der Waals surface area contributed by atoms with Gasteiger partial charge in [-0.1, -0.05) is 0 Å². The first kappa shape index (κ1) is 12.7. The van der Waals surface area contributed by atoms with Crippen LogP contribution < -0.4 is 5.32 Å². The van der Waals surface area contributed by atoms with E-state index in [-0.39, 0.29) is 5.54 Å². The zero-order valence-electron chi connectivity index (χ0n) is 11.2. The number of rotatable bonds is 3. The lowest BCUT2D eigenvalue weighted by molar-refractivity contribution is 0.383. The van der Waals surface area contributed by atoms with Crippen LogP contribution in [0.5, 0.6) is 0 Å². The minimum absolute atomic E-state index is 0.0278. The van der Waals surface area contributed by atoms with Gasteiger partial charge in [0.15, 0.2) is 0 Å². The Morgan fingerprint density at radius 2 is 2.00 bits per heavy atom. The van der Waals surface area contributed by atoms with E-state index < -0.39 is 0 Å². The van der Waals surface area contributed by atoms with Crippen molar-refractivity contribution in [1.29, 1.82) is 0 Å². The van der Waals surface area contributed by atoms with Crippen LogP contribution in [0.3, 0.4) is 0 Å². The van der Waals surface area contributed by atoms with Gasteiger partial charge >= 0.3 is 0 Å². The molecular formula is C13H18N4O. The van der Waals surface area contributed by atoms with Crippen molar-refractivity contribution in [1.82, 2.24) is 20.5 Å². The van der Waals surface area contributed by atoms with Crippen LogP contribution in [0.2, 0.25) is 0 Å². The maximum absolute atomic E-state index is 5.58. The Hall–Kier alpha value is -1.75. The molecule has 96 valence electrons. The van der Waals surface area contributed by atoms with Gasteiger partial charge in [-0.2, -0.15) is 0 Å². The molecule has 0 saturated heterocycles. The van der Waals surface area contributed by atoms with Gasteiger partial charge in [-0.25, -0.2) is 0 Å². The summed E-state index contributed by atoms with van der Waals surface area (Å²) < 4.78 is 5.58. The lowest BCUT2D eigenvalue weighted by Gasteiger charge is -2.18. The Bertz CT molecular complexity index is 511. The third kappa shape index (κ3) is 3.37. The molecule has 5 heteroatoms. The molecule has 18 heavy (non-hydrogen) atoms. The lowest BCUT2D eigenvalue weighted by Crippen LogP contribution is -2.35. The average molecular weight is 246 g/mol. The van der Waals surface area contributed by atoms with Crippen LogP contribution in [0.15, 0.2) is 22.7 Å². The van der Waals surface area contributed by atoms with Gasteiger partial charge in [0.1, 0.15) is 0 Å². The Balaban J connectivity index is 2.08. The van der Waals surface area contributed by atoms with E-state index in [2.05, 4.69) is 41.3 Å². The first-order valence-corrected chi connectivity index (χ1v) is 5.94. The molecule has 0 amide bonds. The molecule has 0 unspecified atom stereocenters. The summed E-state index contributed by atoms with van der Waals surface area (Å²) >= 11 is 0. The molecule has 0 aliphatic carbocycles. The van der Waals surface area contributed by atoms with Gasteiger partial charge in [-0.15, -0.1) is 10.2 Å². The molecular weight excluding hydrogens is 228 g/mol. The van der Waals surface area contributed by atoms with Crippen molar-refractivity contribution in [3.63, 3.8) is 0 Å². The summed E-state index contributed by atoms with van der Waals surface area (Å²) in [5.74, 6) is 1.09. The van der Waals surface area contributed by atoms with Crippen molar-refractivity contribution in [3.05, 3.63) is 29.9 Å². The maximum atomic E-state index is 5.58. The molecule has 0 radical (unpaired) electrons. The predicted molar refractivity (Wildman–Crippen MR) is 68.9 cm³/mol. The Morgan fingerprint density at radius 1 is 1.22 bits per heavy atom. The summed E-state index contributed by atoms with van der Waals surface area (Å²) in [6.45, 7) is 8.78. The molecule has 0 saturated carbocycles. The molecule has 2 aromatic rings. The average Bonchev–Trinajstić information content (AvgIpc) is 2.75. The summed E-state index contributed by atoms with van der Waals surface area (Å²) in [6.07, 6.45) is 1.74. The Kier molecular flexibility index (Phi) is 3.43. The zero-order valence-corrected chi connectivity index (χ0v) is 11.2. The van der Waals surface area contributed by atoms with Crippen molar-refractivity contribution in [2.75, 3.05) is 0 Å². The Labute approximate surface area is 107 Å². The first-order valence-electron chi connectivity index (χ1n) is 5.94. The molecule has 2 rings (SSSR count). The van der Waals surface area contributed by atoms with Crippen LogP contribution >= 0.6 is 0 Å². The maximum Gasteiger partial charge on any atom is 0.249 e. The SMILES string of the molecule is Cc1ccc(-c2nnc(CNC(C)(C)C)o2)cn1. The minimum atomic E-state index is 0.0278. The van der Waals surface area contributed by atoms with Crippen LogP contribution in [-0.4, -0.2) is 20.7 Å². The van der Waals surface area contributed by atoms with Crippen molar-refractivity contribution in [3.8, 4) is 11.5 Å². The largest absolute Gasteiger partial charge is 0.419 e. The molecule has 2 aromatic heterocycles. The fourth-order valence-electron chi connectivity index (χ4n) is 1.38. The van der Waals surface area contributed by atoms with Gasteiger partial charge in [-0.3, -0.25) is 4.98 Å². The number of nitrogens with one attached hydrogen (secondary N) is 1. The van der Waals surface area contributed by atoms with E-state index in [1.165, 1.54) is 0 Å². The molecule has 0 aliphatic rings. The highest BCUT2D eigenvalue weighted by Crippen LogP contribution is 2.16. The highest BCUT2D eigenvalue weighted by Gasteiger charge is 2.13. The minimum Gasteiger partial charge on any atom is -0.419 e. The molecule has 0 aromatic carbocycles. The molecule has 0 atom stereocenters. The van der Waals surface area contributed by atoms with Crippen molar-refractivity contribution in [2.24, 2.45) is 0 Å². The van der Waals surface area contributed by atoms with E-state index >= 15 is 0 Å². The lowest BCUT2D eigenvalue weighted by atomic mass is 10.1. The summed E-state index contributed by atoms with van der Waals surface area (Å²) in [4.78, 5) is 4.21. The van der Waals surface area contributed by atoms with Gasteiger partial charge in [0.05, 0.1) is 12.1 Å². The normalized spacial score (nSPS) is 11.8.